The molecular formula is C18H20N2O2. The molecule has 1 amide bonds. The van der Waals surface area contributed by atoms with E-state index >= 15 is 0 Å². The van der Waals surface area contributed by atoms with E-state index in [9.17, 15) is 4.79 Å². The molecule has 2 aromatic rings. The van der Waals surface area contributed by atoms with Gasteiger partial charge in [0, 0.05) is 24.3 Å². The monoisotopic (exact) mass is 296 g/mol. The fourth-order valence-corrected chi connectivity index (χ4v) is 2.58. The molecule has 0 atom stereocenters. The molecule has 114 valence electrons. The number of hydrogen-bond acceptors (Lipinski definition) is 3. The summed E-state index contributed by atoms with van der Waals surface area (Å²) in [5.74, 6) is 0.888. The third-order valence-corrected chi connectivity index (χ3v) is 3.81. The minimum absolute atomic E-state index is 0.00301. The van der Waals surface area contributed by atoms with E-state index in [1.54, 1.807) is 0 Å². The summed E-state index contributed by atoms with van der Waals surface area (Å²) in [5.41, 5.74) is 4.08. The summed E-state index contributed by atoms with van der Waals surface area (Å²) in [6, 6.07) is 13.7. The van der Waals surface area contributed by atoms with Crippen molar-refractivity contribution in [1.29, 1.82) is 0 Å². The quantitative estimate of drug-likeness (QED) is 0.915. The van der Waals surface area contributed by atoms with Gasteiger partial charge in [0.15, 0.2) is 0 Å². The molecule has 4 heteroatoms. The van der Waals surface area contributed by atoms with Gasteiger partial charge in [0.25, 0.3) is 0 Å². The number of carbonyl (C=O) groups is 1. The van der Waals surface area contributed by atoms with Gasteiger partial charge in [0.1, 0.15) is 12.4 Å². The normalized spacial score (nSPS) is 13.7. The van der Waals surface area contributed by atoms with Crippen LogP contribution in [0.4, 0.5) is 5.69 Å². The Labute approximate surface area is 130 Å². The van der Waals surface area contributed by atoms with Crippen molar-refractivity contribution in [3.05, 3.63) is 59.2 Å². The van der Waals surface area contributed by atoms with Crippen molar-refractivity contribution >= 4 is 11.6 Å². The number of aryl methyl sites for hydroxylation is 1. The summed E-state index contributed by atoms with van der Waals surface area (Å²) < 4.78 is 5.64. The van der Waals surface area contributed by atoms with Gasteiger partial charge in [-0.15, -0.1) is 0 Å². The third kappa shape index (κ3) is 3.46. The molecular weight excluding hydrogens is 276 g/mol. The van der Waals surface area contributed by atoms with Crippen molar-refractivity contribution in [1.82, 2.24) is 5.32 Å². The minimum Gasteiger partial charge on any atom is -0.492 e. The van der Waals surface area contributed by atoms with Gasteiger partial charge in [-0.1, -0.05) is 24.3 Å². The van der Waals surface area contributed by atoms with Crippen LogP contribution in [0.3, 0.4) is 0 Å². The minimum atomic E-state index is -0.00301. The average Bonchev–Trinajstić information content (AvgIpc) is 2.74. The summed E-state index contributed by atoms with van der Waals surface area (Å²) in [7, 11) is 0. The first-order valence-electron chi connectivity index (χ1n) is 7.53. The molecule has 3 rings (SSSR count). The Bertz CT molecular complexity index is 683. The van der Waals surface area contributed by atoms with E-state index in [0.29, 0.717) is 13.0 Å². The van der Waals surface area contributed by atoms with Crippen LogP contribution in [-0.2, 0) is 17.8 Å². The second-order valence-electron chi connectivity index (χ2n) is 5.50. The van der Waals surface area contributed by atoms with Gasteiger partial charge in [-0.3, -0.25) is 4.79 Å². The fraction of sp³-hybridized carbons (Fsp3) is 0.278. The van der Waals surface area contributed by atoms with Crippen LogP contribution in [0.15, 0.2) is 42.5 Å². The highest BCUT2D eigenvalue weighted by atomic mass is 16.5. The Morgan fingerprint density at radius 3 is 3.00 bits per heavy atom. The standard InChI is InChI=1S/C18H20N2O2/c1-13-4-2-3-5-14(13)11-18(21)20-16-6-7-17-15(10-16)12-19-8-9-22-17/h2-7,10,19H,8-9,11-12H2,1H3,(H,20,21). The van der Waals surface area contributed by atoms with Crippen molar-refractivity contribution in [2.24, 2.45) is 0 Å². The molecule has 2 aromatic carbocycles. The van der Waals surface area contributed by atoms with Gasteiger partial charge in [-0.25, -0.2) is 0 Å². The maximum atomic E-state index is 12.2. The number of nitrogens with one attached hydrogen (secondary N) is 2. The Morgan fingerprint density at radius 1 is 1.27 bits per heavy atom. The third-order valence-electron chi connectivity index (χ3n) is 3.81. The molecule has 22 heavy (non-hydrogen) atoms. The molecule has 4 nitrogen and oxygen atoms in total. The van der Waals surface area contributed by atoms with E-state index in [2.05, 4.69) is 10.6 Å². The molecule has 1 aliphatic rings. The lowest BCUT2D eigenvalue weighted by Crippen LogP contribution is -2.16. The molecule has 2 N–H and O–H groups in total. The van der Waals surface area contributed by atoms with Crippen molar-refractivity contribution in [3.63, 3.8) is 0 Å². The smallest absolute Gasteiger partial charge is 0.228 e. The van der Waals surface area contributed by atoms with Crippen LogP contribution in [0.5, 0.6) is 5.75 Å². The molecule has 1 aliphatic heterocycles. The van der Waals surface area contributed by atoms with E-state index in [4.69, 9.17) is 4.74 Å². The van der Waals surface area contributed by atoms with E-state index < -0.39 is 0 Å². The van der Waals surface area contributed by atoms with Gasteiger partial charge in [0.2, 0.25) is 5.91 Å². The fourth-order valence-electron chi connectivity index (χ4n) is 2.58. The molecule has 0 spiro atoms. The highest BCUT2D eigenvalue weighted by Crippen LogP contribution is 2.24. The first-order chi connectivity index (χ1) is 10.7. The van der Waals surface area contributed by atoms with Gasteiger partial charge in [-0.05, 0) is 36.2 Å². The van der Waals surface area contributed by atoms with Crippen molar-refractivity contribution in [2.45, 2.75) is 19.9 Å². The van der Waals surface area contributed by atoms with Gasteiger partial charge in [0.05, 0.1) is 6.42 Å². The summed E-state index contributed by atoms with van der Waals surface area (Å²) in [6.07, 6.45) is 0.387. The average molecular weight is 296 g/mol. The second kappa shape index (κ2) is 6.62. The van der Waals surface area contributed by atoms with Crippen molar-refractivity contribution < 1.29 is 9.53 Å². The van der Waals surface area contributed by atoms with Crippen LogP contribution in [0, 0.1) is 6.92 Å². The first kappa shape index (κ1) is 14.6. The van der Waals surface area contributed by atoms with Gasteiger partial charge in [-0.2, -0.15) is 0 Å². The molecule has 0 saturated carbocycles. The Kier molecular flexibility index (Phi) is 4.39. The number of hydrogen-bond donors (Lipinski definition) is 2. The number of fused-ring (bicyclic) bond motifs is 1. The van der Waals surface area contributed by atoms with Gasteiger partial charge >= 0.3 is 0 Å². The molecule has 0 fully saturated rings. The Morgan fingerprint density at radius 2 is 2.14 bits per heavy atom. The van der Waals surface area contributed by atoms with Crippen LogP contribution in [0.25, 0.3) is 0 Å². The van der Waals surface area contributed by atoms with E-state index in [0.717, 1.165) is 41.2 Å². The molecule has 0 saturated heterocycles. The molecule has 0 bridgehead atoms. The Hall–Kier alpha value is -2.33. The highest BCUT2D eigenvalue weighted by molar-refractivity contribution is 5.92. The first-order valence-corrected chi connectivity index (χ1v) is 7.53. The topological polar surface area (TPSA) is 50.4 Å². The molecule has 1 heterocycles. The van der Waals surface area contributed by atoms with Crippen LogP contribution in [0.1, 0.15) is 16.7 Å². The van der Waals surface area contributed by atoms with Crippen LogP contribution >= 0.6 is 0 Å². The lowest BCUT2D eigenvalue weighted by molar-refractivity contribution is -0.115. The van der Waals surface area contributed by atoms with E-state index in [1.807, 2.05) is 49.4 Å². The second-order valence-corrected chi connectivity index (χ2v) is 5.50. The lowest BCUT2D eigenvalue weighted by atomic mass is 10.1. The summed E-state index contributed by atoms with van der Waals surface area (Å²) in [5, 5.41) is 6.26. The maximum absolute atomic E-state index is 12.2. The molecule has 0 radical (unpaired) electrons. The number of carbonyl (C=O) groups excluding carboxylic acids is 1. The van der Waals surface area contributed by atoms with Crippen molar-refractivity contribution in [3.8, 4) is 5.75 Å². The SMILES string of the molecule is Cc1ccccc1CC(=O)Nc1ccc2c(c1)CNCCO2. The van der Waals surface area contributed by atoms with Crippen molar-refractivity contribution in [2.75, 3.05) is 18.5 Å². The zero-order valence-electron chi connectivity index (χ0n) is 12.7. The number of rotatable bonds is 3. The molecule has 0 unspecified atom stereocenters. The lowest BCUT2D eigenvalue weighted by Gasteiger charge is -2.11. The predicted octanol–water partition coefficient (Wildman–Crippen LogP) is 2.66. The summed E-state index contributed by atoms with van der Waals surface area (Å²) in [4.78, 5) is 12.2. The number of ether oxygens (including phenoxy) is 1. The Balaban J connectivity index is 1.69. The largest absolute Gasteiger partial charge is 0.492 e. The number of anilines is 1. The van der Waals surface area contributed by atoms with Crippen LogP contribution in [0.2, 0.25) is 0 Å². The maximum Gasteiger partial charge on any atom is 0.228 e. The summed E-state index contributed by atoms with van der Waals surface area (Å²) >= 11 is 0. The zero-order valence-corrected chi connectivity index (χ0v) is 12.7. The summed E-state index contributed by atoms with van der Waals surface area (Å²) in [6.45, 7) is 4.29. The molecule has 0 aromatic heterocycles. The van der Waals surface area contributed by atoms with E-state index in [1.165, 1.54) is 0 Å². The number of amides is 1. The van der Waals surface area contributed by atoms with Crippen LogP contribution in [-0.4, -0.2) is 19.1 Å². The van der Waals surface area contributed by atoms with E-state index in [-0.39, 0.29) is 5.91 Å². The van der Waals surface area contributed by atoms with Crippen LogP contribution < -0.4 is 15.4 Å². The van der Waals surface area contributed by atoms with Gasteiger partial charge < -0.3 is 15.4 Å². The predicted molar refractivity (Wildman–Crippen MR) is 87.2 cm³/mol. The highest BCUT2D eigenvalue weighted by Gasteiger charge is 2.11. The molecule has 0 aliphatic carbocycles. The zero-order chi connectivity index (χ0) is 15.4. The number of benzene rings is 2.